The Morgan fingerprint density at radius 3 is 2.86 bits per heavy atom. The molecule has 3 atom stereocenters. The van der Waals surface area contributed by atoms with Crippen molar-refractivity contribution in [3.63, 3.8) is 0 Å². The van der Waals surface area contributed by atoms with Gasteiger partial charge in [0.15, 0.2) is 6.04 Å². The van der Waals surface area contributed by atoms with Crippen LogP contribution in [0.1, 0.15) is 54.3 Å². The van der Waals surface area contributed by atoms with Crippen molar-refractivity contribution in [3.05, 3.63) is 35.7 Å². The standard InChI is InChI=1S/C19H22F3N5O2/c1-11-8-15(19(20,21)22)27-16(24-11)10-13(25-27)14-4-3-7-26(14)18(28)12-5-6-23-17(9-12)29-2/h5-6,9-11,14-15,24H,3-4,7-8H2,1-2H3/t11-,14-,15-/m1/s1. The predicted octanol–water partition coefficient (Wildman–Crippen LogP) is 3.57. The summed E-state index contributed by atoms with van der Waals surface area (Å²) in [5, 5.41) is 7.35. The topological polar surface area (TPSA) is 72.3 Å². The Balaban J connectivity index is 1.64. The third-order valence-corrected chi connectivity index (χ3v) is 5.44. The number of nitrogens with zero attached hydrogens (tertiary/aromatic N) is 4. The molecule has 1 amide bonds. The third kappa shape index (κ3) is 3.63. The average Bonchev–Trinajstić information content (AvgIpc) is 3.32. The normalized spacial score (nSPS) is 24.2. The summed E-state index contributed by atoms with van der Waals surface area (Å²) >= 11 is 0. The molecule has 0 bridgehead atoms. The van der Waals surface area contributed by atoms with Gasteiger partial charge in [-0.15, -0.1) is 0 Å². The van der Waals surface area contributed by atoms with Crippen molar-refractivity contribution in [1.82, 2.24) is 19.7 Å². The molecule has 0 saturated carbocycles. The molecule has 2 aliphatic heterocycles. The molecule has 0 spiro atoms. The second-order valence-electron chi connectivity index (χ2n) is 7.48. The van der Waals surface area contributed by atoms with Crippen LogP contribution in [0.2, 0.25) is 0 Å². The minimum Gasteiger partial charge on any atom is -0.481 e. The third-order valence-electron chi connectivity index (χ3n) is 5.44. The Hall–Kier alpha value is -2.78. The fourth-order valence-corrected chi connectivity index (χ4v) is 4.08. The number of amides is 1. The zero-order valence-electron chi connectivity index (χ0n) is 16.1. The van der Waals surface area contributed by atoms with Gasteiger partial charge in [0, 0.05) is 36.5 Å². The largest absolute Gasteiger partial charge is 0.481 e. The number of aromatic nitrogens is 3. The first-order chi connectivity index (χ1) is 13.8. The van der Waals surface area contributed by atoms with E-state index >= 15 is 0 Å². The van der Waals surface area contributed by atoms with Crippen LogP contribution in [-0.2, 0) is 0 Å². The Morgan fingerprint density at radius 1 is 1.34 bits per heavy atom. The molecular formula is C19H22F3N5O2. The van der Waals surface area contributed by atoms with Crippen LogP contribution in [0, 0.1) is 0 Å². The van der Waals surface area contributed by atoms with Crippen LogP contribution >= 0.6 is 0 Å². The molecule has 2 aromatic heterocycles. The van der Waals surface area contributed by atoms with E-state index in [0.717, 1.165) is 11.1 Å². The van der Waals surface area contributed by atoms with Crippen molar-refractivity contribution in [2.24, 2.45) is 0 Å². The molecule has 1 saturated heterocycles. The number of rotatable bonds is 3. The molecule has 4 heterocycles. The predicted molar refractivity (Wildman–Crippen MR) is 98.8 cm³/mol. The van der Waals surface area contributed by atoms with Gasteiger partial charge in [-0.05, 0) is 32.3 Å². The molecule has 2 aliphatic rings. The molecule has 0 aliphatic carbocycles. The highest BCUT2D eigenvalue weighted by molar-refractivity contribution is 5.94. The maximum Gasteiger partial charge on any atom is 0.410 e. The van der Waals surface area contributed by atoms with Gasteiger partial charge in [0.25, 0.3) is 5.91 Å². The van der Waals surface area contributed by atoms with Gasteiger partial charge in [-0.25, -0.2) is 9.67 Å². The van der Waals surface area contributed by atoms with Crippen molar-refractivity contribution in [2.45, 2.75) is 50.5 Å². The number of anilines is 1. The molecule has 4 rings (SSSR count). The number of alkyl halides is 3. The van der Waals surface area contributed by atoms with Gasteiger partial charge in [0.2, 0.25) is 5.88 Å². The zero-order valence-corrected chi connectivity index (χ0v) is 16.1. The number of likely N-dealkylation sites (tertiary alicyclic amines) is 1. The van der Waals surface area contributed by atoms with Crippen molar-refractivity contribution < 1.29 is 22.7 Å². The molecule has 1 N–H and O–H groups in total. The van der Waals surface area contributed by atoms with E-state index < -0.39 is 12.2 Å². The van der Waals surface area contributed by atoms with E-state index in [4.69, 9.17) is 4.74 Å². The first kappa shape index (κ1) is 19.5. The van der Waals surface area contributed by atoms with Crippen LogP contribution in [-0.4, -0.2) is 51.4 Å². The molecule has 7 nitrogen and oxygen atoms in total. The minimum atomic E-state index is -4.38. The van der Waals surface area contributed by atoms with Crippen LogP contribution < -0.4 is 10.1 Å². The molecule has 10 heteroatoms. The smallest absolute Gasteiger partial charge is 0.410 e. The van der Waals surface area contributed by atoms with Gasteiger partial charge < -0.3 is 15.0 Å². The van der Waals surface area contributed by atoms with Gasteiger partial charge in [-0.3, -0.25) is 4.79 Å². The maximum atomic E-state index is 13.5. The molecule has 0 unspecified atom stereocenters. The number of hydrogen-bond acceptors (Lipinski definition) is 5. The number of fused-ring (bicyclic) bond motifs is 1. The number of hydrogen-bond donors (Lipinski definition) is 1. The Labute approximate surface area is 165 Å². The maximum absolute atomic E-state index is 13.5. The van der Waals surface area contributed by atoms with Gasteiger partial charge >= 0.3 is 6.18 Å². The first-order valence-electron chi connectivity index (χ1n) is 9.51. The minimum absolute atomic E-state index is 0.0816. The van der Waals surface area contributed by atoms with Gasteiger partial charge in [0.05, 0.1) is 18.8 Å². The van der Waals surface area contributed by atoms with Gasteiger partial charge in [-0.2, -0.15) is 18.3 Å². The average molecular weight is 409 g/mol. The summed E-state index contributed by atoms with van der Waals surface area (Å²) in [4.78, 5) is 18.7. The van der Waals surface area contributed by atoms with Crippen molar-refractivity contribution in [3.8, 4) is 5.88 Å². The molecule has 0 aromatic carbocycles. The highest BCUT2D eigenvalue weighted by atomic mass is 19.4. The number of pyridine rings is 1. The van der Waals surface area contributed by atoms with E-state index in [1.807, 2.05) is 0 Å². The van der Waals surface area contributed by atoms with Crippen molar-refractivity contribution in [1.29, 1.82) is 0 Å². The Bertz CT molecular complexity index is 913. The van der Waals surface area contributed by atoms with E-state index in [1.54, 1.807) is 30.0 Å². The molecule has 29 heavy (non-hydrogen) atoms. The lowest BCUT2D eigenvalue weighted by atomic mass is 10.1. The monoisotopic (exact) mass is 409 g/mol. The van der Waals surface area contributed by atoms with E-state index in [-0.39, 0.29) is 24.4 Å². The summed E-state index contributed by atoms with van der Waals surface area (Å²) in [6.07, 6.45) is -1.56. The highest BCUT2D eigenvalue weighted by Crippen LogP contribution is 2.41. The van der Waals surface area contributed by atoms with Crippen molar-refractivity contribution >= 4 is 11.7 Å². The summed E-state index contributed by atoms with van der Waals surface area (Å²) in [6.45, 7) is 2.24. The van der Waals surface area contributed by atoms with Crippen LogP contribution in [0.5, 0.6) is 5.88 Å². The zero-order chi connectivity index (χ0) is 20.8. The second-order valence-corrected chi connectivity index (χ2v) is 7.48. The number of methoxy groups -OCH3 is 1. The van der Waals surface area contributed by atoms with E-state index in [2.05, 4.69) is 15.4 Å². The summed E-state index contributed by atoms with van der Waals surface area (Å²) in [7, 11) is 1.47. The number of carbonyl (C=O) groups excluding carboxylic acids is 1. The number of nitrogens with one attached hydrogen (secondary N) is 1. The van der Waals surface area contributed by atoms with Crippen LogP contribution in [0.4, 0.5) is 19.0 Å². The SMILES string of the molecule is COc1cc(C(=O)N2CCC[C@@H]2c2cc3n(n2)[C@@H](C(F)(F)F)C[C@@H](C)N3)ccn1. The Kier molecular flexibility index (Phi) is 4.87. The molecule has 2 aromatic rings. The van der Waals surface area contributed by atoms with Crippen LogP contribution in [0.15, 0.2) is 24.4 Å². The fourth-order valence-electron chi connectivity index (χ4n) is 4.08. The van der Waals surface area contributed by atoms with E-state index in [0.29, 0.717) is 35.9 Å². The van der Waals surface area contributed by atoms with E-state index in [1.165, 1.54) is 13.3 Å². The van der Waals surface area contributed by atoms with Crippen LogP contribution in [0.3, 0.4) is 0 Å². The summed E-state index contributed by atoms with van der Waals surface area (Å²) in [6, 6.07) is 2.44. The van der Waals surface area contributed by atoms with Gasteiger partial charge in [0.1, 0.15) is 5.82 Å². The summed E-state index contributed by atoms with van der Waals surface area (Å²) in [5.74, 6) is 0.453. The molecular weight excluding hydrogens is 387 g/mol. The van der Waals surface area contributed by atoms with Gasteiger partial charge in [-0.1, -0.05) is 0 Å². The Morgan fingerprint density at radius 2 is 2.14 bits per heavy atom. The summed E-state index contributed by atoms with van der Waals surface area (Å²) < 4.78 is 46.6. The van der Waals surface area contributed by atoms with Crippen molar-refractivity contribution in [2.75, 3.05) is 19.0 Å². The quantitative estimate of drug-likeness (QED) is 0.839. The molecule has 0 radical (unpaired) electrons. The number of carbonyl (C=O) groups is 1. The lowest BCUT2D eigenvalue weighted by molar-refractivity contribution is -0.173. The lowest BCUT2D eigenvalue weighted by Crippen LogP contribution is -2.38. The highest BCUT2D eigenvalue weighted by Gasteiger charge is 2.46. The number of halogens is 3. The first-order valence-corrected chi connectivity index (χ1v) is 9.51. The lowest BCUT2D eigenvalue weighted by Gasteiger charge is -2.31. The van der Waals surface area contributed by atoms with Crippen LogP contribution in [0.25, 0.3) is 0 Å². The second kappa shape index (κ2) is 7.23. The molecule has 1 fully saturated rings. The summed E-state index contributed by atoms with van der Waals surface area (Å²) in [5.41, 5.74) is 0.898. The molecule has 156 valence electrons. The van der Waals surface area contributed by atoms with E-state index in [9.17, 15) is 18.0 Å². The fraction of sp³-hybridized carbons (Fsp3) is 0.526. The number of ether oxygens (including phenoxy) is 1.